The predicted molar refractivity (Wildman–Crippen MR) is 107 cm³/mol. The normalized spacial score (nSPS) is 13.0. The lowest BCUT2D eigenvalue weighted by atomic mass is 9.77. The molecule has 2 heteroatoms. The second kappa shape index (κ2) is 14.8. The summed E-state index contributed by atoms with van der Waals surface area (Å²) in [6, 6.07) is 0. The van der Waals surface area contributed by atoms with Crippen molar-refractivity contribution in [1.29, 1.82) is 0 Å². The summed E-state index contributed by atoms with van der Waals surface area (Å²) in [6.07, 6.45) is 16.5. The lowest BCUT2D eigenvalue weighted by Crippen LogP contribution is -2.38. The van der Waals surface area contributed by atoms with Crippen LogP contribution in [0.25, 0.3) is 0 Å². The number of unbranched alkanes of at least 4 members (excludes halogenated alkanes) is 10. The van der Waals surface area contributed by atoms with E-state index in [0.29, 0.717) is 0 Å². The fourth-order valence-electron chi connectivity index (χ4n) is 3.33. The largest absolute Gasteiger partial charge is 0.356 e. The average molecular weight is 340 g/mol. The van der Waals surface area contributed by atoms with Crippen LogP contribution in [0.2, 0.25) is 0 Å². The molecule has 2 nitrogen and oxygen atoms in total. The molecule has 1 N–H and O–H groups in total. The minimum absolute atomic E-state index is 0.0641. The standard InChI is InChI=1S/C22H45NO/c1-6-8-10-12-14-16-18-20(22(3,4)5)21(24)23-19-17-15-13-11-9-7-2/h20H,6-19H2,1-5H3,(H,23,24). The molecule has 0 aromatic rings. The van der Waals surface area contributed by atoms with Crippen LogP contribution < -0.4 is 5.32 Å². The first kappa shape index (κ1) is 23.5. The Morgan fingerprint density at radius 2 is 1.21 bits per heavy atom. The Hall–Kier alpha value is -0.530. The Morgan fingerprint density at radius 1 is 0.750 bits per heavy atom. The Labute approximate surface area is 152 Å². The highest BCUT2D eigenvalue weighted by molar-refractivity contribution is 5.79. The number of hydrogen-bond acceptors (Lipinski definition) is 1. The molecular weight excluding hydrogens is 294 g/mol. The lowest BCUT2D eigenvalue weighted by molar-refractivity contribution is -0.128. The third-order valence-electron chi connectivity index (χ3n) is 5.04. The molecule has 144 valence electrons. The Kier molecular flexibility index (Phi) is 14.5. The first-order chi connectivity index (χ1) is 11.4. The second-order valence-corrected chi connectivity index (χ2v) is 8.53. The van der Waals surface area contributed by atoms with Gasteiger partial charge in [-0.2, -0.15) is 0 Å². The Bertz CT molecular complexity index is 293. The predicted octanol–water partition coefficient (Wildman–Crippen LogP) is 6.88. The summed E-state index contributed by atoms with van der Waals surface area (Å²) in [5.41, 5.74) is 0.0641. The van der Waals surface area contributed by atoms with E-state index in [1.165, 1.54) is 70.6 Å². The van der Waals surface area contributed by atoms with Crippen molar-refractivity contribution in [3.05, 3.63) is 0 Å². The molecule has 24 heavy (non-hydrogen) atoms. The topological polar surface area (TPSA) is 29.1 Å². The van der Waals surface area contributed by atoms with E-state index < -0.39 is 0 Å². The fourth-order valence-corrected chi connectivity index (χ4v) is 3.33. The van der Waals surface area contributed by atoms with E-state index in [4.69, 9.17) is 0 Å². The highest BCUT2D eigenvalue weighted by Gasteiger charge is 2.30. The summed E-state index contributed by atoms with van der Waals surface area (Å²) in [5, 5.41) is 3.20. The van der Waals surface area contributed by atoms with Crippen LogP contribution in [0.15, 0.2) is 0 Å². The SMILES string of the molecule is CCCCCCCCNC(=O)C(CCCCCCCC)C(C)(C)C. The van der Waals surface area contributed by atoms with Gasteiger partial charge in [0.1, 0.15) is 0 Å². The van der Waals surface area contributed by atoms with Crippen LogP contribution in [0.5, 0.6) is 0 Å². The summed E-state index contributed by atoms with van der Waals surface area (Å²) in [7, 11) is 0. The third-order valence-corrected chi connectivity index (χ3v) is 5.04. The molecule has 1 unspecified atom stereocenters. The summed E-state index contributed by atoms with van der Waals surface area (Å²) < 4.78 is 0. The molecule has 0 fully saturated rings. The Balaban J connectivity index is 3.96. The van der Waals surface area contributed by atoms with E-state index in [0.717, 1.165) is 19.4 Å². The zero-order valence-corrected chi connectivity index (χ0v) is 17.4. The molecule has 0 rings (SSSR count). The maximum Gasteiger partial charge on any atom is 0.223 e. The smallest absolute Gasteiger partial charge is 0.223 e. The van der Waals surface area contributed by atoms with Crippen molar-refractivity contribution in [2.75, 3.05) is 6.54 Å². The van der Waals surface area contributed by atoms with Crippen molar-refractivity contribution in [1.82, 2.24) is 5.32 Å². The van der Waals surface area contributed by atoms with Gasteiger partial charge in [0.25, 0.3) is 0 Å². The molecule has 0 bridgehead atoms. The summed E-state index contributed by atoms with van der Waals surface area (Å²) in [5.74, 6) is 0.438. The zero-order valence-electron chi connectivity index (χ0n) is 17.4. The van der Waals surface area contributed by atoms with E-state index in [1.54, 1.807) is 0 Å². The molecule has 0 aliphatic heterocycles. The summed E-state index contributed by atoms with van der Waals surface area (Å²) in [6.45, 7) is 12.0. The maximum absolute atomic E-state index is 12.6. The highest BCUT2D eigenvalue weighted by Crippen LogP contribution is 2.30. The molecular formula is C22H45NO. The number of amides is 1. The van der Waals surface area contributed by atoms with Gasteiger partial charge in [0.15, 0.2) is 0 Å². The van der Waals surface area contributed by atoms with E-state index in [-0.39, 0.29) is 17.2 Å². The van der Waals surface area contributed by atoms with Crippen LogP contribution in [-0.4, -0.2) is 12.5 Å². The number of carbonyl (C=O) groups excluding carboxylic acids is 1. The minimum atomic E-state index is 0.0641. The van der Waals surface area contributed by atoms with Gasteiger partial charge in [0.2, 0.25) is 5.91 Å². The minimum Gasteiger partial charge on any atom is -0.356 e. The number of carbonyl (C=O) groups is 1. The molecule has 0 aliphatic carbocycles. The molecule has 1 amide bonds. The van der Waals surface area contributed by atoms with Gasteiger partial charge >= 0.3 is 0 Å². The Morgan fingerprint density at radius 3 is 1.71 bits per heavy atom. The number of nitrogens with one attached hydrogen (secondary N) is 1. The third kappa shape index (κ3) is 12.8. The molecule has 0 spiro atoms. The van der Waals surface area contributed by atoms with Gasteiger partial charge in [-0.3, -0.25) is 4.79 Å². The van der Waals surface area contributed by atoms with E-state index in [9.17, 15) is 4.79 Å². The first-order valence-corrected chi connectivity index (χ1v) is 10.7. The molecule has 0 aromatic carbocycles. The van der Waals surface area contributed by atoms with Crippen molar-refractivity contribution >= 4 is 5.91 Å². The van der Waals surface area contributed by atoms with Gasteiger partial charge in [-0.25, -0.2) is 0 Å². The van der Waals surface area contributed by atoms with Gasteiger partial charge in [0.05, 0.1) is 0 Å². The molecule has 1 atom stereocenters. The van der Waals surface area contributed by atoms with Gasteiger partial charge in [-0.05, 0) is 18.3 Å². The van der Waals surface area contributed by atoms with Crippen LogP contribution in [0.1, 0.15) is 118 Å². The van der Waals surface area contributed by atoms with Gasteiger partial charge < -0.3 is 5.32 Å². The molecule has 0 saturated carbocycles. The molecule has 0 heterocycles. The quantitative estimate of drug-likeness (QED) is 0.324. The maximum atomic E-state index is 12.6. The van der Waals surface area contributed by atoms with E-state index >= 15 is 0 Å². The fraction of sp³-hybridized carbons (Fsp3) is 0.955. The van der Waals surface area contributed by atoms with E-state index in [2.05, 4.69) is 39.9 Å². The number of hydrogen-bond donors (Lipinski definition) is 1. The molecule has 0 aromatic heterocycles. The van der Waals surface area contributed by atoms with Crippen LogP contribution in [0, 0.1) is 11.3 Å². The summed E-state index contributed by atoms with van der Waals surface area (Å²) in [4.78, 5) is 12.6. The van der Waals surface area contributed by atoms with Crippen LogP contribution in [0.3, 0.4) is 0 Å². The average Bonchev–Trinajstić information content (AvgIpc) is 2.52. The highest BCUT2D eigenvalue weighted by atomic mass is 16.1. The first-order valence-electron chi connectivity index (χ1n) is 10.7. The van der Waals surface area contributed by atoms with Crippen LogP contribution in [0.4, 0.5) is 0 Å². The van der Waals surface area contributed by atoms with Crippen molar-refractivity contribution in [3.63, 3.8) is 0 Å². The zero-order chi connectivity index (χ0) is 18.3. The van der Waals surface area contributed by atoms with Gasteiger partial charge in [-0.15, -0.1) is 0 Å². The molecule has 0 radical (unpaired) electrons. The summed E-state index contributed by atoms with van der Waals surface area (Å²) >= 11 is 0. The molecule has 0 aliphatic rings. The molecule has 0 saturated heterocycles. The van der Waals surface area contributed by atoms with Crippen LogP contribution in [-0.2, 0) is 4.79 Å². The second-order valence-electron chi connectivity index (χ2n) is 8.53. The van der Waals surface area contributed by atoms with Crippen molar-refractivity contribution in [2.24, 2.45) is 11.3 Å². The van der Waals surface area contributed by atoms with Crippen molar-refractivity contribution in [2.45, 2.75) is 118 Å². The van der Waals surface area contributed by atoms with Crippen LogP contribution >= 0.6 is 0 Å². The van der Waals surface area contributed by atoms with E-state index in [1.807, 2.05) is 0 Å². The van der Waals surface area contributed by atoms with Crippen molar-refractivity contribution in [3.8, 4) is 0 Å². The number of rotatable bonds is 15. The monoisotopic (exact) mass is 339 g/mol. The van der Waals surface area contributed by atoms with Crippen molar-refractivity contribution < 1.29 is 4.79 Å². The van der Waals surface area contributed by atoms with Gasteiger partial charge in [0, 0.05) is 12.5 Å². The lowest BCUT2D eigenvalue weighted by Gasteiger charge is -2.29. The van der Waals surface area contributed by atoms with Gasteiger partial charge in [-0.1, -0.05) is 105 Å².